The monoisotopic (exact) mass is 504 g/mol. The zero-order chi connectivity index (χ0) is 25.9. The van der Waals surface area contributed by atoms with Crippen LogP contribution in [-0.2, 0) is 0 Å². The fourth-order valence-electron chi connectivity index (χ4n) is 3.89. The molecule has 0 saturated heterocycles. The van der Waals surface area contributed by atoms with E-state index in [-0.39, 0.29) is 11.8 Å². The van der Waals surface area contributed by atoms with Crippen molar-refractivity contribution >= 4 is 23.5 Å². The van der Waals surface area contributed by atoms with Crippen molar-refractivity contribution in [2.45, 2.75) is 0 Å². The lowest BCUT2D eigenvalue weighted by Crippen LogP contribution is -2.12. The highest BCUT2D eigenvalue weighted by molar-refractivity contribution is 6.05. The highest BCUT2D eigenvalue weighted by Crippen LogP contribution is 2.24. The summed E-state index contributed by atoms with van der Waals surface area (Å²) in [7, 11) is 0. The molecule has 0 aliphatic rings. The van der Waals surface area contributed by atoms with Crippen LogP contribution in [0.15, 0.2) is 106 Å². The Labute approximate surface area is 215 Å². The number of nitrogens with one attached hydrogen (secondary N) is 4. The minimum atomic E-state index is -0.283. The molecule has 0 saturated carbocycles. The number of rotatable bonds is 7. The fraction of sp³-hybridized carbons (Fsp3) is 0. The molecule has 2 amide bonds. The molecule has 10 heteroatoms. The normalized spacial score (nSPS) is 10.8. The molecule has 6 aromatic rings. The van der Waals surface area contributed by atoms with Crippen LogP contribution in [0.3, 0.4) is 0 Å². The zero-order valence-electron chi connectivity index (χ0n) is 19.8. The summed E-state index contributed by atoms with van der Waals surface area (Å²) in [6.07, 6.45) is 3.13. The van der Waals surface area contributed by atoms with Crippen molar-refractivity contribution in [2.24, 2.45) is 0 Å². The van der Waals surface area contributed by atoms with Crippen LogP contribution in [0.4, 0.5) is 11.6 Å². The molecule has 0 spiro atoms. The molecule has 0 radical (unpaired) electrons. The van der Waals surface area contributed by atoms with Gasteiger partial charge in [0.1, 0.15) is 11.4 Å². The SMILES string of the molecule is O=C(Nc1cc(-c2ccco2)[nH]n1)c1ccc(-c2ccc(C(=O)Nc3cc(-c4ccco4)[nH]n3)cc2)cc1. The minimum Gasteiger partial charge on any atom is -0.463 e. The molecule has 186 valence electrons. The van der Waals surface area contributed by atoms with Crippen molar-refractivity contribution in [3.05, 3.63) is 109 Å². The average molecular weight is 505 g/mol. The Morgan fingerprint density at radius 1 is 0.605 bits per heavy atom. The van der Waals surface area contributed by atoms with Gasteiger partial charge in [-0.3, -0.25) is 19.8 Å². The summed E-state index contributed by atoms with van der Waals surface area (Å²) in [5.74, 6) is 1.49. The van der Waals surface area contributed by atoms with Gasteiger partial charge in [-0.05, 0) is 59.7 Å². The number of aromatic nitrogens is 4. The second-order valence-electron chi connectivity index (χ2n) is 8.35. The fourth-order valence-corrected chi connectivity index (χ4v) is 3.89. The predicted molar refractivity (Wildman–Crippen MR) is 140 cm³/mol. The van der Waals surface area contributed by atoms with Crippen LogP contribution in [0.2, 0.25) is 0 Å². The zero-order valence-corrected chi connectivity index (χ0v) is 19.8. The first kappa shape index (κ1) is 22.8. The van der Waals surface area contributed by atoms with Crippen LogP contribution < -0.4 is 10.6 Å². The Morgan fingerprint density at radius 3 is 1.39 bits per heavy atom. The van der Waals surface area contributed by atoms with E-state index in [1.165, 1.54) is 0 Å². The van der Waals surface area contributed by atoms with E-state index in [1.807, 2.05) is 24.3 Å². The highest BCUT2D eigenvalue weighted by Gasteiger charge is 2.13. The number of nitrogens with zero attached hydrogens (tertiary/aromatic N) is 2. The molecular weight excluding hydrogens is 484 g/mol. The van der Waals surface area contributed by atoms with E-state index in [4.69, 9.17) is 8.83 Å². The average Bonchev–Trinajstić information content (AvgIpc) is 3.76. The molecule has 4 heterocycles. The first-order chi connectivity index (χ1) is 18.6. The van der Waals surface area contributed by atoms with Crippen LogP contribution in [0.1, 0.15) is 20.7 Å². The number of hydrogen-bond donors (Lipinski definition) is 4. The number of hydrogen-bond acceptors (Lipinski definition) is 6. The lowest BCUT2D eigenvalue weighted by atomic mass is 10.0. The Kier molecular flexibility index (Phi) is 5.87. The second-order valence-corrected chi connectivity index (χ2v) is 8.35. The number of benzene rings is 2. The third kappa shape index (κ3) is 4.73. The number of carbonyl (C=O) groups excluding carboxylic acids is 2. The molecule has 6 rings (SSSR count). The highest BCUT2D eigenvalue weighted by atomic mass is 16.3. The van der Waals surface area contributed by atoms with Gasteiger partial charge in [0.15, 0.2) is 23.2 Å². The molecule has 0 atom stereocenters. The maximum Gasteiger partial charge on any atom is 0.256 e. The van der Waals surface area contributed by atoms with E-state index in [0.717, 1.165) is 11.1 Å². The summed E-state index contributed by atoms with van der Waals surface area (Å²) >= 11 is 0. The predicted octanol–water partition coefficient (Wildman–Crippen LogP) is 5.82. The third-order valence-corrected chi connectivity index (χ3v) is 5.84. The molecule has 4 N–H and O–H groups in total. The summed E-state index contributed by atoms with van der Waals surface area (Å²) in [5, 5.41) is 19.4. The van der Waals surface area contributed by atoms with E-state index < -0.39 is 0 Å². The molecule has 0 aliphatic carbocycles. The van der Waals surface area contributed by atoms with E-state index in [2.05, 4.69) is 31.0 Å². The molecule has 0 bridgehead atoms. The number of H-pyrrole nitrogens is 2. The maximum absolute atomic E-state index is 12.7. The van der Waals surface area contributed by atoms with E-state index >= 15 is 0 Å². The Balaban J connectivity index is 1.08. The molecule has 10 nitrogen and oxygen atoms in total. The smallest absolute Gasteiger partial charge is 0.256 e. The summed E-state index contributed by atoms with van der Waals surface area (Å²) in [4.78, 5) is 25.3. The minimum absolute atomic E-state index is 0.283. The van der Waals surface area contributed by atoms with E-state index in [1.54, 1.807) is 73.2 Å². The summed E-state index contributed by atoms with van der Waals surface area (Å²) in [5.41, 5.74) is 4.12. The molecule has 2 aromatic carbocycles. The van der Waals surface area contributed by atoms with Crippen LogP contribution in [0, 0.1) is 0 Å². The standard InChI is InChI=1S/C28H20N6O4/c35-27(29-25-15-21(31-33-25)23-3-1-13-37-23)19-9-5-17(6-10-19)18-7-11-20(12-8-18)28(36)30-26-16-22(32-34-26)24-4-2-14-38-24/h1-16H,(H2,29,31,33,35)(H2,30,32,34,36). The Hall–Kier alpha value is -5.64. The van der Waals surface area contributed by atoms with Gasteiger partial charge in [-0.15, -0.1) is 0 Å². The Morgan fingerprint density at radius 2 is 1.03 bits per heavy atom. The van der Waals surface area contributed by atoms with Gasteiger partial charge in [0, 0.05) is 23.3 Å². The maximum atomic E-state index is 12.7. The summed E-state index contributed by atoms with van der Waals surface area (Å²) in [6, 6.07) is 24.9. The number of anilines is 2. The molecule has 0 aliphatic heterocycles. The van der Waals surface area contributed by atoms with Crippen molar-refractivity contribution in [3.63, 3.8) is 0 Å². The number of aromatic amines is 2. The van der Waals surface area contributed by atoms with Crippen molar-refractivity contribution in [1.82, 2.24) is 20.4 Å². The summed E-state index contributed by atoms with van der Waals surface area (Å²) in [6.45, 7) is 0. The van der Waals surface area contributed by atoms with Crippen LogP contribution in [0.25, 0.3) is 34.0 Å². The lowest BCUT2D eigenvalue weighted by Gasteiger charge is -2.06. The van der Waals surface area contributed by atoms with Crippen molar-refractivity contribution < 1.29 is 18.4 Å². The van der Waals surface area contributed by atoms with Crippen LogP contribution in [-0.4, -0.2) is 32.2 Å². The van der Waals surface area contributed by atoms with Crippen LogP contribution >= 0.6 is 0 Å². The lowest BCUT2D eigenvalue weighted by molar-refractivity contribution is 0.101. The van der Waals surface area contributed by atoms with Gasteiger partial charge < -0.3 is 19.5 Å². The molecule has 38 heavy (non-hydrogen) atoms. The number of carbonyl (C=O) groups is 2. The molecular formula is C28H20N6O4. The van der Waals surface area contributed by atoms with Gasteiger partial charge in [-0.1, -0.05) is 24.3 Å². The van der Waals surface area contributed by atoms with E-state index in [9.17, 15) is 9.59 Å². The number of amides is 2. The largest absolute Gasteiger partial charge is 0.463 e. The van der Waals surface area contributed by atoms with Gasteiger partial charge >= 0.3 is 0 Å². The van der Waals surface area contributed by atoms with E-state index in [0.29, 0.717) is 45.7 Å². The van der Waals surface area contributed by atoms with Gasteiger partial charge in [0.25, 0.3) is 11.8 Å². The van der Waals surface area contributed by atoms with Crippen LogP contribution in [0.5, 0.6) is 0 Å². The van der Waals surface area contributed by atoms with Gasteiger partial charge in [-0.25, -0.2) is 0 Å². The summed E-state index contributed by atoms with van der Waals surface area (Å²) < 4.78 is 10.6. The number of furan rings is 2. The second kappa shape index (κ2) is 9.78. The van der Waals surface area contributed by atoms with Gasteiger partial charge in [0.05, 0.1) is 12.5 Å². The van der Waals surface area contributed by atoms with Crippen molar-refractivity contribution in [2.75, 3.05) is 10.6 Å². The first-order valence-electron chi connectivity index (χ1n) is 11.6. The van der Waals surface area contributed by atoms with Gasteiger partial charge in [-0.2, -0.15) is 10.2 Å². The Bertz CT molecular complexity index is 1550. The molecule has 0 fully saturated rings. The van der Waals surface area contributed by atoms with Gasteiger partial charge in [0.2, 0.25) is 0 Å². The molecule has 4 aromatic heterocycles. The quantitative estimate of drug-likeness (QED) is 0.216. The first-order valence-corrected chi connectivity index (χ1v) is 11.6. The third-order valence-electron chi connectivity index (χ3n) is 5.84. The van der Waals surface area contributed by atoms with Crippen molar-refractivity contribution in [1.29, 1.82) is 0 Å². The topological polar surface area (TPSA) is 142 Å². The van der Waals surface area contributed by atoms with Crippen molar-refractivity contribution in [3.8, 4) is 34.0 Å². The molecule has 0 unspecified atom stereocenters.